The first-order valence-corrected chi connectivity index (χ1v) is 7.08. The van der Waals surface area contributed by atoms with Gasteiger partial charge in [0.25, 0.3) is 0 Å². The summed E-state index contributed by atoms with van der Waals surface area (Å²) in [4.78, 5) is 15.9. The van der Waals surface area contributed by atoms with Gasteiger partial charge < -0.3 is 10.1 Å². The van der Waals surface area contributed by atoms with Crippen LogP contribution in [0.5, 0.6) is 5.88 Å². The van der Waals surface area contributed by atoms with E-state index in [2.05, 4.69) is 10.3 Å². The van der Waals surface area contributed by atoms with Crippen LogP contribution >= 0.6 is 0 Å². The lowest BCUT2D eigenvalue weighted by Crippen LogP contribution is -2.14. The zero-order valence-corrected chi connectivity index (χ0v) is 11.5. The minimum absolute atomic E-state index is 0.0811. The van der Waals surface area contributed by atoms with Crippen LogP contribution in [0.25, 0.3) is 0 Å². The first-order valence-electron chi connectivity index (χ1n) is 7.08. The van der Waals surface area contributed by atoms with Crippen molar-refractivity contribution in [3.05, 3.63) is 18.3 Å². The molecule has 0 unspecified atom stereocenters. The van der Waals surface area contributed by atoms with Crippen LogP contribution in [-0.2, 0) is 4.79 Å². The molecule has 1 N–H and O–H groups in total. The fraction of sp³-hybridized carbons (Fsp3) is 0.600. The number of nitrogens with one attached hydrogen (secondary N) is 1. The van der Waals surface area contributed by atoms with E-state index in [0.29, 0.717) is 12.3 Å². The van der Waals surface area contributed by atoms with Gasteiger partial charge in [-0.25, -0.2) is 4.98 Å². The Labute approximate surface area is 114 Å². The molecule has 0 spiro atoms. The minimum Gasteiger partial charge on any atom is -0.481 e. The summed E-state index contributed by atoms with van der Waals surface area (Å²) in [6, 6.07) is 3.56. The second kappa shape index (κ2) is 7.12. The number of methoxy groups -OCH3 is 1. The van der Waals surface area contributed by atoms with Crippen LogP contribution in [0.1, 0.15) is 44.9 Å². The number of carbonyl (C=O) groups is 1. The number of aromatic nitrogens is 1. The fourth-order valence-electron chi connectivity index (χ4n) is 2.61. The Morgan fingerprint density at radius 1 is 1.37 bits per heavy atom. The summed E-state index contributed by atoms with van der Waals surface area (Å²) in [5, 5.41) is 2.88. The summed E-state index contributed by atoms with van der Waals surface area (Å²) in [6.45, 7) is 0. The molecule has 1 aliphatic carbocycles. The third-order valence-electron chi connectivity index (χ3n) is 3.73. The molecule has 1 saturated carbocycles. The van der Waals surface area contributed by atoms with E-state index < -0.39 is 0 Å². The number of anilines is 1. The van der Waals surface area contributed by atoms with Gasteiger partial charge in [0.2, 0.25) is 11.8 Å². The summed E-state index contributed by atoms with van der Waals surface area (Å²) >= 11 is 0. The lowest BCUT2D eigenvalue weighted by atomic mass is 9.86. The van der Waals surface area contributed by atoms with Crippen LogP contribution < -0.4 is 10.1 Å². The van der Waals surface area contributed by atoms with Gasteiger partial charge in [-0.15, -0.1) is 0 Å². The molecule has 2 rings (SSSR count). The van der Waals surface area contributed by atoms with E-state index in [-0.39, 0.29) is 5.91 Å². The molecule has 0 bridgehead atoms. The van der Waals surface area contributed by atoms with Crippen molar-refractivity contribution in [1.82, 2.24) is 4.98 Å². The summed E-state index contributed by atoms with van der Waals surface area (Å²) in [5.41, 5.74) is 0.731. The van der Waals surface area contributed by atoms with Gasteiger partial charge in [0, 0.05) is 12.5 Å². The first kappa shape index (κ1) is 13.8. The maximum Gasteiger partial charge on any atom is 0.224 e. The van der Waals surface area contributed by atoms with Gasteiger partial charge >= 0.3 is 0 Å². The number of amides is 1. The summed E-state index contributed by atoms with van der Waals surface area (Å²) in [6.07, 6.45) is 9.84. The maximum atomic E-state index is 11.8. The van der Waals surface area contributed by atoms with Crippen molar-refractivity contribution < 1.29 is 9.53 Å². The number of hydrogen-bond donors (Lipinski definition) is 1. The van der Waals surface area contributed by atoms with Crippen molar-refractivity contribution in [1.29, 1.82) is 0 Å². The highest BCUT2D eigenvalue weighted by Gasteiger charge is 2.14. The van der Waals surface area contributed by atoms with E-state index in [1.54, 1.807) is 19.4 Å². The number of ether oxygens (including phenoxy) is 1. The Hall–Kier alpha value is -1.58. The van der Waals surface area contributed by atoms with Gasteiger partial charge in [-0.1, -0.05) is 32.1 Å². The second-order valence-electron chi connectivity index (χ2n) is 5.18. The predicted molar refractivity (Wildman–Crippen MR) is 75.2 cm³/mol. The van der Waals surface area contributed by atoms with E-state index in [1.165, 1.54) is 32.1 Å². The molecule has 0 atom stereocenters. The van der Waals surface area contributed by atoms with Crippen molar-refractivity contribution in [3.8, 4) is 5.88 Å². The molecule has 1 heterocycles. The smallest absolute Gasteiger partial charge is 0.224 e. The van der Waals surface area contributed by atoms with E-state index in [9.17, 15) is 4.79 Å². The molecule has 4 heteroatoms. The lowest BCUT2D eigenvalue weighted by Gasteiger charge is -2.20. The number of pyridine rings is 1. The number of carbonyl (C=O) groups excluding carboxylic acids is 1. The molecule has 0 aromatic carbocycles. The maximum absolute atomic E-state index is 11.8. The van der Waals surface area contributed by atoms with E-state index >= 15 is 0 Å². The Morgan fingerprint density at radius 3 is 2.79 bits per heavy atom. The van der Waals surface area contributed by atoms with Crippen molar-refractivity contribution in [2.24, 2.45) is 5.92 Å². The van der Waals surface area contributed by atoms with Gasteiger partial charge in [-0.2, -0.15) is 0 Å². The molecular formula is C15H22N2O2. The standard InChI is InChI=1S/C15H22N2O2/c1-19-15-10-8-13(11-16-15)17-14(18)9-7-12-5-3-2-4-6-12/h8,10-12H,2-7,9H2,1H3,(H,17,18). The van der Waals surface area contributed by atoms with Crippen LogP contribution in [0.4, 0.5) is 5.69 Å². The average Bonchev–Trinajstić information content (AvgIpc) is 2.47. The first-order chi connectivity index (χ1) is 9.28. The number of nitrogens with zero attached hydrogens (tertiary/aromatic N) is 1. The zero-order valence-electron chi connectivity index (χ0n) is 11.5. The minimum atomic E-state index is 0.0811. The third kappa shape index (κ3) is 4.54. The molecule has 104 valence electrons. The molecule has 4 nitrogen and oxygen atoms in total. The van der Waals surface area contributed by atoms with Gasteiger partial charge in [0.05, 0.1) is 19.0 Å². The molecule has 0 aliphatic heterocycles. The van der Waals surface area contributed by atoms with Crippen LogP contribution in [0.15, 0.2) is 18.3 Å². The molecule has 1 amide bonds. The van der Waals surface area contributed by atoms with E-state index in [1.807, 2.05) is 6.07 Å². The predicted octanol–water partition coefficient (Wildman–Crippen LogP) is 3.39. The Balaban J connectivity index is 1.73. The SMILES string of the molecule is COc1ccc(NC(=O)CCC2CCCCC2)cn1. The zero-order chi connectivity index (χ0) is 13.5. The highest BCUT2D eigenvalue weighted by Crippen LogP contribution is 2.27. The molecule has 1 aromatic heterocycles. The number of rotatable bonds is 5. The number of hydrogen-bond acceptors (Lipinski definition) is 3. The average molecular weight is 262 g/mol. The molecule has 1 aliphatic rings. The van der Waals surface area contributed by atoms with Crippen LogP contribution in [0.3, 0.4) is 0 Å². The fourth-order valence-corrected chi connectivity index (χ4v) is 2.61. The molecular weight excluding hydrogens is 240 g/mol. The summed E-state index contributed by atoms with van der Waals surface area (Å²) in [7, 11) is 1.57. The van der Waals surface area contributed by atoms with Crippen molar-refractivity contribution in [3.63, 3.8) is 0 Å². The van der Waals surface area contributed by atoms with Crippen molar-refractivity contribution in [2.75, 3.05) is 12.4 Å². The molecule has 1 fully saturated rings. The van der Waals surface area contributed by atoms with Crippen molar-refractivity contribution >= 4 is 11.6 Å². The van der Waals surface area contributed by atoms with Gasteiger partial charge in [-0.3, -0.25) is 4.79 Å². The van der Waals surface area contributed by atoms with E-state index in [4.69, 9.17) is 4.74 Å². The molecule has 19 heavy (non-hydrogen) atoms. The highest BCUT2D eigenvalue weighted by atomic mass is 16.5. The Bertz CT molecular complexity index is 397. The van der Waals surface area contributed by atoms with Gasteiger partial charge in [0.15, 0.2) is 0 Å². The Morgan fingerprint density at radius 2 is 2.16 bits per heavy atom. The topological polar surface area (TPSA) is 51.2 Å². The quantitative estimate of drug-likeness (QED) is 0.885. The van der Waals surface area contributed by atoms with Gasteiger partial charge in [0.1, 0.15) is 0 Å². The van der Waals surface area contributed by atoms with Crippen LogP contribution in [-0.4, -0.2) is 18.0 Å². The van der Waals surface area contributed by atoms with E-state index in [0.717, 1.165) is 18.0 Å². The largest absolute Gasteiger partial charge is 0.481 e. The summed E-state index contributed by atoms with van der Waals surface area (Å²) < 4.78 is 4.98. The van der Waals surface area contributed by atoms with Crippen LogP contribution in [0, 0.1) is 5.92 Å². The van der Waals surface area contributed by atoms with Crippen LogP contribution in [0.2, 0.25) is 0 Å². The molecule has 0 saturated heterocycles. The second-order valence-corrected chi connectivity index (χ2v) is 5.18. The molecule has 1 aromatic rings. The highest BCUT2D eigenvalue weighted by molar-refractivity contribution is 5.90. The molecule has 0 radical (unpaired) electrons. The third-order valence-corrected chi connectivity index (χ3v) is 3.73. The monoisotopic (exact) mass is 262 g/mol. The van der Waals surface area contributed by atoms with Crippen molar-refractivity contribution in [2.45, 2.75) is 44.9 Å². The van der Waals surface area contributed by atoms with Gasteiger partial charge in [-0.05, 0) is 18.4 Å². The normalized spacial score (nSPS) is 16.1. The lowest BCUT2D eigenvalue weighted by molar-refractivity contribution is -0.116. The Kier molecular flexibility index (Phi) is 5.19. The summed E-state index contributed by atoms with van der Waals surface area (Å²) in [5.74, 6) is 1.38.